The van der Waals surface area contributed by atoms with Crippen molar-refractivity contribution in [2.24, 2.45) is 0 Å². The standard InChI is InChI=1S/C15H28N2S/c1-2-13-10-16-15(7-4-3-5-8-15)12-17(13)14-6-9-18-11-14/h13-14,16H,2-12H2,1H3. The number of piperazine rings is 1. The first-order valence-electron chi connectivity index (χ1n) is 7.91. The SMILES string of the molecule is CCC1CNC2(CCCCC2)CN1C1CCSC1. The zero-order valence-electron chi connectivity index (χ0n) is 11.8. The number of hydrogen-bond acceptors (Lipinski definition) is 3. The lowest BCUT2D eigenvalue weighted by Crippen LogP contribution is -2.66. The van der Waals surface area contributed by atoms with Crippen LogP contribution in [0.3, 0.4) is 0 Å². The summed E-state index contributed by atoms with van der Waals surface area (Å²) in [5.74, 6) is 2.77. The van der Waals surface area contributed by atoms with E-state index in [1.165, 1.54) is 69.5 Å². The third kappa shape index (κ3) is 2.59. The van der Waals surface area contributed by atoms with Crippen LogP contribution in [0.25, 0.3) is 0 Å². The van der Waals surface area contributed by atoms with Crippen molar-refractivity contribution >= 4 is 11.8 Å². The summed E-state index contributed by atoms with van der Waals surface area (Å²) in [6.45, 7) is 4.93. The van der Waals surface area contributed by atoms with Crippen LogP contribution in [0.4, 0.5) is 0 Å². The van der Waals surface area contributed by atoms with E-state index in [-0.39, 0.29) is 0 Å². The number of rotatable bonds is 2. The fraction of sp³-hybridized carbons (Fsp3) is 1.00. The highest BCUT2D eigenvalue weighted by Gasteiger charge is 2.42. The van der Waals surface area contributed by atoms with Gasteiger partial charge in [-0.05, 0) is 31.4 Å². The van der Waals surface area contributed by atoms with Gasteiger partial charge in [-0.15, -0.1) is 0 Å². The maximum absolute atomic E-state index is 3.94. The van der Waals surface area contributed by atoms with Crippen LogP contribution < -0.4 is 5.32 Å². The van der Waals surface area contributed by atoms with E-state index in [0.717, 1.165) is 12.1 Å². The summed E-state index contributed by atoms with van der Waals surface area (Å²) in [6.07, 6.45) is 9.91. The first-order chi connectivity index (χ1) is 8.83. The first kappa shape index (κ1) is 13.3. The Morgan fingerprint density at radius 3 is 2.78 bits per heavy atom. The van der Waals surface area contributed by atoms with Gasteiger partial charge < -0.3 is 5.32 Å². The molecule has 2 atom stereocenters. The Morgan fingerprint density at radius 1 is 1.28 bits per heavy atom. The molecule has 0 bridgehead atoms. The quantitative estimate of drug-likeness (QED) is 0.829. The first-order valence-corrected chi connectivity index (χ1v) is 9.07. The van der Waals surface area contributed by atoms with E-state index in [9.17, 15) is 0 Å². The minimum atomic E-state index is 0.483. The van der Waals surface area contributed by atoms with E-state index < -0.39 is 0 Å². The van der Waals surface area contributed by atoms with Gasteiger partial charge in [-0.1, -0.05) is 26.2 Å². The molecule has 2 unspecified atom stereocenters. The third-order valence-corrected chi connectivity index (χ3v) is 6.47. The molecule has 3 fully saturated rings. The fourth-order valence-electron chi connectivity index (χ4n) is 4.14. The molecular weight excluding hydrogens is 240 g/mol. The van der Waals surface area contributed by atoms with Crippen molar-refractivity contribution in [3.8, 4) is 0 Å². The van der Waals surface area contributed by atoms with E-state index in [1.54, 1.807) is 0 Å². The molecule has 3 rings (SSSR count). The lowest BCUT2D eigenvalue weighted by molar-refractivity contribution is 0.0297. The van der Waals surface area contributed by atoms with Gasteiger partial charge in [0.05, 0.1) is 0 Å². The molecule has 2 nitrogen and oxygen atoms in total. The molecule has 18 heavy (non-hydrogen) atoms. The van der Waals surface area contributed by atoms with Gasteiger partial charge in [0.1, 0.15) is 0 Å². The molecule has 0 aromatic heterocycles. The van der Waals surface area contributed by atoms with Crippen LogP contribution in [0, 0.1) is 0 Å². The Balaban J connectivity index is 1.71. The fourth-order valence-corrected chi connectivity index (χ4v) is 5.37. The van der Waals surface area contributed by atoms with E-state index in [2.05, 4.69) is 28.9 Å². The van der Waals surface area contributed by atoms with Crippen LogP contribution in [0.2, 0.25) is 0 Å². The summed E-state index contributed by atoms with van der Waals surface area (Å²) < 4.78 is 0. The molecular formula is C15H28N2S. The second-order valence-corrected chi connectivity index (χ2v) is 7.62. The predicted molar refractivity (Wildman–Crippen MR) is 80.3 cm³/mol. The predicted octanol–water partition coefficient (Wildman–Crippen LogP) is 2.88. The van der Waals surface area contributed by atoms with Crippen molar-refractivity contribution in [3.05, 3.63) is 0 Å². The normalized spacial score (nSPS) is 37.2. The lowest BCUT2D eigenvalue weighted by Gasteiger charge is -2.51. The topological polar surface area (TPSA) is 15.3 Å². The lowest BCUT2D eigenvalue weighted by atomic mass is 9.79. The maximum atomic E-state index is 3.94. The molecule has 1 N–H and O–H groups in total. The number of nitrogens with zero attached hydrogens (tertiary/aromatic N) is 1. The Morgan fingerprint density at radius 2 is 2.11 bits per heavy atom. The van der Waals surface area contributed by atoms with E-state index >= 15 is 0 Å². The molecule has 2 aliphatic heterocycles. The van der Waals surface area contributed by atoms with Gasteiger partial charge in [0.2, 0.25) is 0 Å². The number of nitrogens with one attached hydrogen (secondary N) is 1. The summed E-state index contributed by atoms with van der Waals surface area (Å²) in [5.41, 5.74) is 0.483. The monoisotopic (exact) mass is 268 g/mol. The van der Waals surface area contributed by atoms with Gasteiger partial charge in [-0.3, -0.25) is 4.90 Å². The Labute approximate surface area is 116 Å². The van der Waals surface area contributed by atoms with Crippen LogP contribution >= 0.6 is 11.8 Å². The second kappa shape index (κ2) is 5.72. The zero-order chi connectivity index (χ0) is 12.4. The van der Waals surface area contributed by atoms with Crippen molar-refractivity contribution in [2.75, 3.05) is 24.6 Å². The van der Waals surface area contributed by atoms with Crippen molar-refractivity contribution < 1.29 is 0 Å². The van der Waals surface area contributed by atoms with Crippen LogP contribution in [0.1, 0.15) is 51.9 Å². The van der Waals surface area contributed by atoms with Crippen LogP contribution in [0.5, 0.6) is 0 Å². The molecule has 0 radical (unpaired) electrons. The molecule has 2 saturated heterocycles. The van der Waals surface area contributed by atoms with Gasteiger partial charge in [0, 0.05) is 36.5 Å². The van der Waals surface area contributed by atoms with E-state index in [0.29, 0.717) is 5.54 Å². The maximum Gasteiger partial charge on any atom is 0.0309 e. The molecule has 1 aliphatic carbocycles. The van der Waals surface area contributed by atoms with E-state index in [1.807, 2.05) is 0 Å². The second-order valence-electron chi connectivity index (χ2n) is 6.47. The summed E-state index contributed by atoms with van der Waals surface area (Å²) in [6, 6.07) is 1.67. The summed E-state index contributed by atoms with van der Waals surface area (Å²) >= 11 is 2.16. The summed E-state index contributed by atoms with van der Waals surface area (Å²) in [4.78, 5) is 2.89. The van der Waals surface area contributed by atoms with Gasteiger partial charge in [0.15, 0.2) is 0 Å². The number of thioether (sulfide) groups is 1. The average Bonchev–Trinajstić information content (AvgIpc) is 2.93. The zero-order valence-corrected chi connectivity index (χ0v) is 12.6. The van der Waals surface area contributed by atoms with Crippen molar-refractivity contribution in [2.45, 2.75) is 69.5 Å². The molecule has 3 aliphatic rings. The molecule has 104 valence electrons. The Bertz CT molecular complexity index is 268. The highest BCUT2D eigenvalue weighted by molar-refractivity contribution is 7.99. The molecule has 0 aromatic carbocycles. The smallest absolute Gasteiger partial charge is 0.0309 e. The van der Waals surface area contributed by atoms with Crippen molar-refractivity contribution in [3.63, 3.8) is 0 Å². The van der Waals surface area contributed by atoms with Gasteiger partial charge in [-0.25, -0.2) is 0 Å². The van der Waals surface area contributed by atoms with Crippen molar-refractivity contribution in [1.82, 2.24) is 10.2 Å². The Hall–Kier alpha value is 0.270. The molecule has 2 heterocycles. The van der Waals surface area contributed by atoms with Crippen LogP contribution in [-0.4, -0.2) is 47.1 Å². The highest BCUT2D eigenvalue weighted by Crippen LogP contribution is 2.35. The van der Waals surface area contributed by atoms with Crippen LogP contribution in [0.15, 0.2) is 0 Å². The Kier molecular flexibility index (Phi) is 4.21. The summed E-state index contributed by atoms with van der Waals surface area (Å²) in [5, 5.41) is 3.94. The minimum absolute atomic E-state index is 0.483. The molecule has 1 saturated carbocycles. The van der Waals surface area contributed by atoms with Gasteiger partial charge in [-0.2, -0.15) is 11.8 Å². The minimum Gasteiger partial charge on any atom is -0.308 e. The van der Waals surface area contributed by atoms with Gasteiger partial charge in [0.25, 0.3) is 0 Å². The molecule has 0 amide bonds. The van der Waals surface area contributed by atoms with Crippen molar-refractivity contribution in [1.29, 1.82) is 0 Å². The molecule has 1 spiro atoms. The number of hydrogen-bond donors (Lipinski definition) is 1. The highest BCUT2D eigenvalue weighted by atomic mass is 32.2. The van der Waals surface area contributed by atoms with E-state index in [4.69, 9.17) is 0 Å². The largest absolute Gasteiger partial charge is 0.308 e. The third-order valence-electron chi connectivity index (χ3n) is 5.32. The average molecular weight is 268 g/mol. The van der Waals surface area contributed by atoms with Gasteiger partial charge >= 0.3 is 0 Å². The summed E-state index contributed by atoms with van der Waals surface area (Å²) in [7, 11) is 0. The molecule has 3 heteroatoms. The van der Waals surface area contributed by atoms with Crippen LogP contribution in [-0.2, 0) is 0 Å². The molecule has 0 aromatic rings.